The molecule has 8 nitrogen and oxygen atoms in total. The van der Waals surface area contributed by atoms with E-state index in [-0.39, 0.29) is 11.6 Å². The normalized spacial score (nSPS) is 21.7. The number of rotatable bonds is 5. The predicted octanol–water partition coefficient (Wildman–Crippen LogP) is -1.05. The maximum atomic E-state index is 5.55. The first-order valence-electron chi connectivity index (χ1n) is 9.51. The summed E-state index contributed by atoms with van der Waals surface area (Å²) in [6.07, 6.45) is 0. The van der Waals surface area contributed by atoms with Gasteiger partial charge >= 0.3 is 0 Å². The van der Waals surface area contributed by atoms with Crippen LogP contribution < -0.4 is 19.3 Å². The Balaban J connectivity index is 2.08. The topological polar surface area (TPSA) is 70.9 Å². The third-order valence-electron chi connectivity index (χ3n) is 5.28. The quantitative estimate of drug-likeness (QED) is 0.697. The first-order chi connectivity index (χ1) is 12.8. The standard InChI is InChI=1S/C19H30N6O2/c1-19(2,3)25-18(20-21-22-25)17(24-11-9-23(4)10-12-24)14-7-8-15(26-5)16(13-14)27-6/h7-8,13,17H,9-12H2,1-6H3/p+2/t17-/m0/s1. The average Bonchev–Trinajstić information content (AvgIpc) is 3.13. The second-order valence-electron chi connectivity index (χ2n) is 8.28. The van der Waals surface area contributed by atoms with Gasteiger partial charge in [-0.25, -0.2) is 4.68 Å². The van der Waals surface area contributed by atoms with Gasteiger partial charge in [0.1, 0.15) is 26.2 Å². The van der Waals surface area contributed by atoms with Gasteiger partial charge in [0.15, 0.2) is 17.5 Å². The Kier molecular flexibility index (Phi) is 5.67. The Labute approximate surface area is 161 Å². The van der Waals surface area contributed by atoms with Gasteiger partial charge in [-0.15, -0.1) is 5.10 Å². The van der Waals surface area contributed by atoms with E-state index in [1.807, 2.05) is 10.7 Å². The van der Waals surface area contributed by atoms with E-state index >= 15 is 0 Å². The fourth-order valence-corrected chi connectivity index (χ4v) is 3.74. The van der Waals surface area contributed by atoms with Crippen molar-refractivity contribution in [1.29, 1.82) is 0 Å². The molecule has 27 heavy (non-hydrogen) atoms. The molecule has 8 heteroatoms. The van der Waals surface area contributed by atoms with Crippen LogP contribution in [0.4, 0.5) is 0 Å². The van der Waals surface area contributed by atoms with Crippen molar-refractivity contribution >= 4 is 0 Å². The van der Waals surface area contributed by atoms with Gasteiger partial charge in [-0.2, -0.15) is 0 Å². The SMILES string of the molecule is COc1ccc([C@@H](c2nnnn2C(C)(C)C)[NH+]2CC[NH+](C)CC2)cc1OC. The van der Waals surface area contributed by atoms with Crippen LogP contribution in [0.1, 0.15) is 38.2 Å². The number of aromatic nitrogens is 4. The second-order valence-corrected chi connectivity index (χ2v) is 8.28. The van der Waals surface area contributed by atoms with Crippen molar-refractivity contribution in [1.82, 2.24) is 20.2 Å². The van der Waals surface area contributed by atoms with Crippen LogP contribution in [0.5, 0.6) is 11.5 Å². The largest absolute Gasteiger partial charge is 0.493 e. The predicted molar refractivity (Wildman–Crippen MR) is 102 cm³/mol. The lowest BCUT2D eigenvalue weighted by Crippen LogP contribution is -3.27. The van der Waals surface area contributed by atoms with Gasteiger partial charge in [0.2, 0.25) is 5.82 Å². The number of hydrogen-bond acceptors (Lipinski definition) is 5. The number of methoxy groups -OCH3 is 2. The van der Waals surface area contributed by atoms with Crippen molar-refractivity contribution in [2.75, 3.05) is 47.4 Å². The number of piperazine rings is 1. The molecule has 0 bridgehead atoms. The Hall–Kier alpha value is -2.19. The zero-order valence-corrected chi connectivity index (χ0v) is 17.2. The Morgan fingerprint density at radius 2 is 1.70 bits per heavy atom. The second kappa shape index (κ2) is 7.82. The Morgan fingerprint density at radius 3 is 2.30 bits per heavy atom. The summed E-state index contributed by atoms with van der Waals surface area (Å²) in [5.41, 5.74) is 0.952. The number of likely N-dealkylation sites (N-methyl/N-ethyl adjacent to an activating group) is 1. The third-order valence-corrected chi connectivity index (χ3v) is 5.28. The van der Waals surface area contributed by atoms with Gasteiger partial charge in [0.25, 0.3) is 0 Å². The Morgan fingerprint density at radius 1 is 1.04 bits per heavy atom. The lowest BCUT2D eigenvalue weighted by atomic mass is 10.0. The molecule has 0 radical (unpaired) electrons. The van der Waals surface area contributed by atoms with E-state index in [9.17, 15) is 0 Å². The van der Waals surface area contributed by atoms with Crippen molar-refractivity contribution in [3.63, 3.8) is 0 Å². The zero-order chi connectivity index (χ0) is 19.6. The monoisotopic (exact) mass is 376 g/mol. The summed E-state index contributed by atoms with van der Waals surface area (Å²) in [6, 6.07) is 6.18. The lowest BCUT2D eigenvalue weighted by Gasteiger charge is -2.34. The van der Waals surface area contributed by atoms with Gasteiger partial charge in [0.05, 0.1) is 26.8 Å². The molecule has 1 saturated heterocycles. The molecule has 2 aromatic rings. The third kappa shape index (κ3) is 4.06. The minimum absolute atomic E-state index is 0.0483. The van der Waals surface area contributed by atoms with Gasteiger partial charge in [-0.1, -0.05) is 0 Å². The van der Waals surface area contributed by atoms with Gasteiger partial charge < -0.3 is 19.3 Å². The average molecular weight is 377 g/mol. The zero-order valence-electron chi connectivity index (χ0n) is 17.2. The van der Waals surface area contributed by atoms with Crippen molar-refractivity contribution < 1.29 is 19.3 Å². The van der Waals surface area contributed by atoms with Crippen molar-refractivity contribution in [2.45, 2.75) is 32.4 Å². The first-order valence-corrected chi connectivity index (χ1v) is 9.51. The number of benzene rings is 1. The summed E-state index contributed by atoms with van der Waals surface area (Å²) in [5.74, 6) is 2.35. The smallest absolute Gasteiger partial charge is 0.214 e. The molecule has 3 rings (SSSR count). The molecule has 1 aliphatic heterocycles. The molecule has 0 saturated carbocycles. The van der Waals surface area contributed by atoms with Crippen LogP contribution >= 0.6 is 0 Å². The van der Waals surface area contributed by atoms with Crippen LogP contribution in [0.25, 0.3) is 0 Å². The molecule has 0 spiro atoms. The Bertz CT molecular complexity index is 762. The van der Waals surface area contributed by atoms with Crippen LogP contribution in [0.2, 0.25) is 0 Å². The highest BCUT2D eigenvalue weighted by Gasteiger charge is 2.37. The molecule has 1 aromatic heterocycles. The van der Waals surface area contributed by atoms with E-state index in [1.54, 1.807) is 19.1 Å². The van der Waals surface area contributed by atoms with Crippen molar-refractivity contribution in [3.05, 3.63) is 29.6 Å². The number of ether oxygens (including phenoxy) is 2. The van der Waals surface area contributed by atoms with Crippen LogP contribution in [-0.4, -0.2) is 67.7 Å². The minimum Gasteiger partial charge on any atom is -0.493 e. The van der Waals surface area contributed by atoms with E-state index in [1.165, 1.54) is 4.90 Å². The van der Waals surface area contributed by atoms with E-state index < -0.39 is 0 Å². The number of hydrogen-bond donors (Lipinski definition) is 2. The fourth-order valence-electron chi connectivity index (χ4n) is 3.74. The molecule has 1 aliphatic rings. The minimum atomic E-state index is -0.190. The molecular formula is C19H32N6O2+2. The highest BCUT2D eigenvalue weighted by Crippen LogP contribution is 2.31. The molecule has 0 aliphatic carbocycles. The number of quaternary nitrogens is 2. The lowest BCUT2D eigenvalue weighted by molar-refractivity contribution is -1.02. The molecule has 2 heterocycles. The molecule has 148 valence electrons. The van der Waals surface area contributed by atoms with Crippen LogP contribution in [0, 0.1) is 0 Å². The fraction of sp³-hybridized carbons (Fsp3) is 0.632. The summed E-state index contributed by atoms with van der Waals surface area (Å²) >= 11 is 0. The van der Waals surface area contributed by atoms with E-state index in [2.05, 4.69) is 55.5 Å². The van der Waals surface area contributed by atoms with Crippen molar-refractivity contribution in [2.24, 2.45) is 0 Å². The van der Waals surface area contributed by atoms with E-state index in [0.717, 1.165) is 49.1 Å². The van der Waals surface area contributed by atoms with Gasteiger partial charge in [0, 0.05) is 5.56 Å². The summed E-state index contributed by atoms with van der Waals surface area (Å²) in [4.78, 5) is 3.05. The van der Waals surface area contributed by atoms with Gasteiger partial charge in [-0.3, -0.25) is 0 Å². The van der Waals surface area contributed by atoms with E-state index in [0.29, 0.717) is 0 Å². The summed E-state index contributed by atoms with van der Waals surface area (Å²) < 4.78 is 12.9. The number of nitrogens with zero attached hydrogens (tertiary/aromatic N) is 4. The summed E-state index contributed by atoms with van der Waals surface area (Å²) in [5, 5.41) is 12.8. The molecule has 0 unspecified atom stereocenters. The number of tetrazole rings is 1. The maximum Gasteiger partial charge on any atom is 0.214 e. The van der Waals surface area contributed by atoms with Crippen LogP contribution in [0.3, 0.4) is 0 Å². The van der Waals surface area contributed by atoms with Crippen LogP contribution in [-0.2, 0) is 5.54 Å². The van der Waals surface area contributed by atoms with Crippen molar-refractivity contribution in [3.8, 4) is 11.5 Å². The molecule has 0 amide bonds. The molecule has 2 N–H and O–H groups in total. The molecule has 1 aromatic carbocycles. The van der Waals surface area contributed by atoms with E-state index in [4.69, 9.17) is 9.47 Å². The number of nitrogens with one attached hydrogen (secondary N) is 2. The molecule has 1 atom stereocenters. The summed E-state index contributed by atoms with van der Waals surface area (Å²) in [6.45, 7) is 10.8. The van der Waals surface area contributed by atoms with Gasteiger partial charge in [-0.05, 0) is 49.4 Å². The molecule has 1 fully saturated rings. The van der Waals surface area contributed by atoms with Crippen LogP contribution in [0.15, 0.2) is 18.2 Å². The first kappa shape index (κ1) is 19.6. The summed E-state index contributed by atoms with van der Waals surface area (Å²) in [7, 11) is 5.58. The highest BCUT2D eigenvalue weighted by molar-refractivity contribution is 5.44. The molecular weight excluding hydrogens is 344 g/mol. The maximum absolute atomic E-state index is 5.55. The highest BCUT2D eigenvalue weighted by atomic mass is 16.5.